The van der Waals surface area contributed by atoms with Gasteiger partial charge in [0.1, 0.15) is 24.2 Å². The zero-order chi connectivity index (χ0) is 22.3. The van der Waals surface area contributed by atoms with E-state index >= 15 is 0 Å². The van der Waals surface area contributed by atoms with Crippen LogP contribution in [0.3, 0.4) is 0 Å². The number of carbonyl (C=O) groups is 1. The van der Waals surface area contributed by atoms with Gasteiger partial charge in [-0.05, 0) is 42.8 Å². The highest BCUT2D eigenvalue weighted by Crippen LogP contribution is 2.33. The molecule has 0 aromatic heterocycles. The lowest BCUT2D eigenvalue weighted by Crippen LogP contribution is -2.25. The maximum absolute atomic E-state index is 12.9. The third-order valence-corrected chi connectivity index (χ3v) is 6.50. The highest BCUT2D eigenvalue weighted by molar-refractivity contribution is 7.91. The molecule has 164 valence electrons. The predicted octanol–water partition coefficient (Wildman–Crippen LogP) is 5.16. The minimum absolute atomic E-state index is 0.0122. The Morgan fingerprint density at radius 2 is 1.53 bits per heavy atom. The standard InChI is InChI=1S/C20H21Cl3O6S/c1-3-8-27-19-6-4-15(9-17(19)22)30(25,26)16-5-7-20(18(23)10-16)28-12-14(11-21)29-13(2)24/h4-7,9-10,14H,3,8,11-12H2,1-2H3. The van der Waals surface area contributed by atoms with E-state index in [-0.39, 0.29) is 38.1 Å². The lowest BCUT2D eigenvalue weighted by molar-refractivity contribution is -0.146. The van der Waals surface area contributed by atoms with E-state index < -0.39 is 21.9 Å². The highest BCUT2D eigenvalue weighted by Gasteiger charge is 2.21. The summed E-state index contributed by atoms with van der Waals surface area (Å²) in [6.07, 6.45) is 0.148. The third kappa shape index (κ3) is 6.41. The maximum Gasteiger partial charge on any atom is 0.303 e. The van der Waals surface area contributed by atoms with Gasteiger partial charge in [0.15, 0.2) is 0 Å². The van der Waals surface area contributed by atoms with E-state index in [2.05, 4.69) is 0 Å². The lowest BCUT2D eigenvalue weighted by Gasteiger charge is -2.16. The van der Waals surface area contributed by atoms with Crippen LogP contribution in [-0.2, 0) is 19.4 Å². The van der Waals surface area contributed by atoms with Crippen LogP contribution in [-0.4, -0.2) is 39.6 Å². The van der Waals surface area contributed by atoms with Gasteiger partial charge in [-0.25, -0.2) is 8.42 Å². The summed E-state index contributed by atoms with van der Waals surface area (Å²) in [5.74, 6) is 0.212. The summed E-state index contributed by atoms with van der Waals surface area (Å²) in [4.78, 5) is 11.0. The number of hydrogen-bond acceptors (Lipinski definition) is 6. The van der Waals surface area contributed by atoms with E-state index in [9.17, 15) is 13.2 Å². The van der Waals surface area contributed by atoms with Gasteiger partial charge in [0, 0.05) is 6.92 Å². The van der Waals surface area contributed by atoms with Gasteiger partial charge in [-0.3, -0.25) is 4.79 Å². The molecule has 30 heavy (non-hydrogen) atoms. The molecule has 0 amide bonds. The van der Waals surface area contributed by atoms with E-state index in [4.69, 9.17) is 49.0 Å². The summed E-state index contributed by atoms with van der Waals surface area (Å²) in [7, 11) is -3.86. The Kier molecular flexibility index (Phi) is 9.09. The van der Waals surface area contributed by atoms with E-state index in [0.717, 1.165) is 6.42 Å². The normalized spacial score (nSPS) is 12.3. The predicted molar refractivity (Wildman–Crippen MR) is 116 cm³/mol. The van der Waals surface area contributed by atoms with Crippen molar-refractivity contribution < 1.29 is 27.4 Å². The van der Waals surface area contributed by atoms with Gasteiger partial charge in [0.25, 0.3) is 0 Å². The van der Waals surface area contributed by atoms with Crippen LogP contribution in [0, 0.1) is 0 Å². The molecule has 0 aliphatic rings. The SMILES string of the molecule is CCCOc1ccc(S(=O)(=O)c2ccc(OCC(CCl)OC(C)=O)c(Cl)c2)cc1Cl. The van der Waals surface area contributed by atoms with Crippen LogP contribution in [0.1, 0.15) is 20.3 Å². The second-order valence-electron chi connectivity index (χ2n) is 6.23. The monoisotopic (exact) mass is 494 g/mol. The summed E-state index contributed by atoms with van der Waals surface area (Å²) < 4.78 is 41.8. The summed E-state index contributed by atoms with van der Waals surface area (Å²) in [5, 5.41) is 0.286. The number of rotatable bonds is 10. The average Bonchev–Trinajstić information content (AvgIpc) is 2.70. The summed E-state index contributed by atoms with van der Waals surface area (Å²) in [6.45, 7) is 3.67. The van der Waals surface area contributed by atoms with Crippen LogP contribution in [0.2, 0.25) is 10.0 Å². The number of sulfone groups is 1. The first-order chi connectivity index (χ1) is 14.2. The molecule has 0 fully saturated rings. The topological polar surface area (TPSA) is 78.9 Å². The number of ether oxygens (including phenoxy) is 3. The Bertz CT molecular complexity index is 994. The third-order valence-electron chi connectivity index (χ3n) is 3.82. The van der Waals surface area contributed by atoms with E-state index in [1.807, 2.05) is 6.92 Å². The molecule has 0 N–H and O–H groups in total. The Hall–Kier alpha value is -1.67. The van der Waals surface area contributed by atoms with Crippen molar-refractivity contribution in [3.8, 4) is 11.5 Å². The van der Waals surface area contributed by atoms with Crippen LogP contribution < -0.4 is 9.47 Å². The van der Waals surface area contributed by atoms with Crippen LogP contribution in [0.25, 0.3) is 0 Å². The van der Waals surface area contributed by atoms with Crippen LogP contribution >= 0.6 is 34.8 Å². The number of esters is 1. The first-order valence-corrected chi connectivity index (χ1v) is 11.8. The zero-order valence-corrected chi connectivity index (χ0v) is 19.4. The van der Waals surface area contributed by atoms with Crippen molar-refractivity contribution in [2.75, 3.05) is 19.1 Å². The molecule has 6 nitrogen and oxygen atoms in total. The molecule has 0 aliphatic carbocycles. The molecule has 0 saturated heterocycles. The van der Waals surface area contributed by atoms with Gasteiger partial charge in [0.05, 0.1) is 32.3 Å². The van der Waals surface area contributed by atoms with Gasteiger partial charge in [-0.2, -0.15) is 0 Å². The summed E-state index contributed by atoms with van der Waals surface area (Å²) >= 11 is 18.1. The average molecular weight is 496 g/mol. The van der Waals surface area contributed by atoms with Crippen molar-refractivity contribution >= 4 is 50.6 Å². The largest absolute Gasteiger partial charge is 0.492 e. The number of halogens is 3. The Balaban J connectivity index is 2.20. The Morgan fingerprint density at radius 3 is 1.97 bits per heavy atom. The smallest absolute Gasteiger partial charge is 0.303 e. The maximum atomic E-state index is 12.9. The molecule has 1 atom stereocenters. The van der Waals surface area contributed by atoms with Crippen molar-refractivity contribution in [3.63, 3.8) is 0 Å². The molecule has 2 aromatic rings. The van der Waals surface area contributed by atoms with Gasteiger partial charge >= 0.3 is 5.97 Å². The van der Waals surface area contributed by atoms with Gasteiger partial charge in [0.2, 0.25) is 9.84 Å². The molecule has 0 bridgehead atoms. The molecule has 0 radical (unpaired) electrons. The van der Waals surface area contributed by atoms with E-state index in [1.54, 1.807) is 0 Å². The first-order valence-electron chi connectivity index (χ1n) is 9.02. The van der Waals surface area contributed by atoms with Crippen LogP contribution in [0.5, 0.6) is 11.5 Å². The number of alkyl halides is 1. The van der Waals surface area contributed by atoms with Crippen molar-refractivity contribution in [2.45, 2.75) is 36.2 Å². The van der Waals surface area contributed by atoms with Crippen molar-refractivity contribution in [1.82, 2.24) is 0 Å². The molecular formula is C20H21Cl3O6S. The van der Waals surface area contributed by atoms with Crippen LogP contribution in [0.15, 0.2) is 46.2 Å². The lowest BCUT2D eigenvalue weighted by atomic mass is 10.3. The minimum Gasteiger partial charge on any atom is -0.492 e. The van der Waals surface area contributed by atoms with E-state index in [1.165, 1.54) is 43.3 Å². The number of hydrogen-bond donors (Lipinski definition) is 0. The number of benzene rings is 2. The fourth-order valence-corrected chi connectivity index (χ4v) is 4.47. The molecule has 0 saturated carbocycles. The second-order valence-corrected chi connectivity index (χ2v) is 9.31. The molecule has 2 rings (SSSR count). The number of carbonyl (C=O) groups excluding carboxylic acids is 1. The molecule has 2 aromatic carbocycles. The van der Waals surface area contributed by atoms with Crippen LogP contribution in [0.4, 0.5) is 0 Å². The second kappa shape index (κ2) is 11.1. The fourth-order valence-electron chi connectivity index (χ4n) is 2.41. The van der Waals surface area contributed by atoms with Gasteiger partial charge in [-0.1, -0.05) is 30.1 Å². The molecule has 10 heteroatoms. The molecular weight excluding hydrogens is 475 g/mol. The summed E-state index contributed by atoms with van der Waals surface area (Å²) in [5.41, 5.74) is 0. The Morgan fingerprint density at radius 1 is 1.00 bits per heavy atom. The van der Waals surface area contributed by atoms with E-state index in [0.29, 0.717) is 12.4 Å². The first kappa shape index (κ1) is 24.6. The van der Waals surface area contributed by atoms with Crippen molar-refractivity contribution in [1.29, 1.82) is 0 Å². The Labute approximate surface area is 190 Å². The quantitative estimate of drug-likeness (QED) is 0.334. The minimum atomic E-state index is -3.86. The zero-order valence-electron chi connectivity index (χ0n) is 16.4. The molecule has 0 heterocycles. The summed E-state index contributed by atoms with van der Waals surface area (Å²) in [6, 6.07) is 8.36. The highest BCUT2D eigenvalue weighted by atomic mass is 35.5. The van der Waals surface area contributed by atoms with Crippen molar-refractivity contribution in [3.05, 3.63) is 46.4 Å². The van der Waals surface area contributed by atoms with Crippen molar-refractivity contribution in [2.24, 2.45) is 0 Å². The molecule has 0 spiro atoms. The molecule has 1 unspecified atom stereocenters. The van der Waals surface area contributed by atoms with Gasteiger partial charge < -0.3 is 14.2 Å². The van der Waals surface area contributed by atoms with Gasteiger partial charge in [-0.15, -0.1) is 11.6 Å². The molecule has 0 aliphatic heterocycles. The fraction of sp³-hybridized carbons (Fsp3) is 0.350.